The van der Waals surface area contributed by atoms with Gasteiger partial charge < -0.3 is 4.42 Å². The molecule has 0 radical (unpaired) electrons. The van der Waals surface area contributed by atoms with Gasteiger partial charge in [-0.15, -0.1) is 10.2 Å². The summed E-state index contributed by atoms with van der Waals surface area (Å²) < 4.78 is 4.89. The Hall–Kier alpha value is -1.78. The Morgan fingerprint density at radius 3 is 2.91 bits per heavy atom. The van der Waals surface area contributed by atoms with Crippen LogP contribution >= 0.6 is 0 Å². The van der Waals surface area contributed by atoms with Crippen molar-refractivity contribution in [3.63, 3.8) is 0 Å². The minimum absolute atomic E-state index is 0.387. The van der Waals surface area contributed by atoms with Gasteiger partial charge in [0, 0.05) is 12.4 Å². The molecule has 0 saturated carbocycles. The molecule has 0 fully saturated rings. The predicted octanol–water partition coefficient (Wildman–Crippen LogP) is 0.527. The van der Waals surface area contributed by atoms with Crippen LogP contribution in [0.2, 0.25) is 0 Å². The summed E-state index contributed by atoms with van der Waals surface area (Å²) in [6.07, 6.45) is 5.97. The van der Waals surface area contributed by atoms with E-state index in [9.17, 15) is 0 Å². The van der Waals surface area contributed by atoms with Gasteiger partial charge in [-0.1, -0.05) is 0 Å². The fourth-order valence-corrected chi connectivity index (χ4v) is 0.694. The highest BCUT2D eigenvalue weighted by Crippen LogP contribution is 2.08. The van der Waals surface area contributed by atoms with Crippen LogP contribution in [0, 0.1) is 0 Å². The number of nitrogens with zero attached hydrogens (tertiary/aromatic N) is 4. The molecule has 0 bridgehead atoms. The summed E-state index contributed by atoms with van der Waals surface area (Å²) in [6, 6.07) is 0. The molecule has 0 aliphatic heterocycles. The minimum atomic E-state index is 0.387. The van der Waals surface area contributed by atoms with Crippen LogP contribution in [-0.2, 0) is 0 Å². The van der Waals surface area contributed by atoms with Gasteiger partial charge in [-0.2, -0.15) is 0 Å². The van der Waals surface area contributed by atoms with Gasteiger partial charge in [0.2, 0.25) is 6.39 Å². The van der Waals surface area contributed by atoms with Crippen molar-refractivity contribution in [1.82, 2.24) is 20.2 Å². The Bertz CT molecular complexity index is 318. The van der Waals surface area contributed by atoms with Crippen molar-refractivity contribution in [2.24, 2.45) is 0 Å². The maximum Gasteiger partial charge on any atom is 0.267 e. The third-order valence-corrected chi connectivity index (χ3v) is 1.14. The molecule has 0 N–H and O–H groups in total. The maximum absolute atomic E-state index is 4.89. The molecule has 0 unspecified atom stereocenters. The quantitative estimate of drug-likeness (QED) is 0.590. The van der Waals surface area contributed by atoms with Crippen molar-refractivity contribution in [2.75, 3.05) is 0 Å². The van der Waals surface area contributed by atoms with Crippen molar-refractivity contribution < 1.29 is 4.42 Å². The molecule has 2 aromatic heterocycles. The summed E-state index contributed by atoms with van der Waals surface area (Å²) in [7, 11) is 0. The summed E-state index contributed by atoms with van der Waals surface area (Å²) in [5.41, 5.74) is 0.588. The van der Waals surface area contributed by atoms with E-state index in [1.807, 2.05) is 0 Å². The molecule has 0 saturated heterocycles. The lowest BCUT2D eigenvalue weighted by Gasteiger charge is -1.88. The second kappa shape index (κ2) is 2.45. The number of hydrogen-bond donors (Lipinski definition) is 0. The van der Waals surface area contributed by atoms with E-state index in [0.29, 0.717) is 11.6 Å². The molecule has 0 amide bonds. The van der Waals surface area contributed by atoms with E-state index in [4.69, 9.17) is 4.42 Å². The van der Waals surface area contributed by atoms with E-state index >= 15 is 0 Å². The molecule has 11 heavy (non-hydrogen) atoms. The van der Waals surface area contributed by atoms with Gasteiger partial charge >= 0.3 is 0 Å². The summed E-state index contributed by atoms with van der Waals surface area (Å²) >= 11 is 0. The monoisotopic (exact) mass is 148 g/mol. The molecule has 5 nitrogen and oxygen atoms in total. The Morgan fingerprint density at radius 1 is 1.27 bits per heavy atom. The van der Waals surface area contributed by atoms with Crippen molar-refractivity contribution in [3.05, 3.63) is 25.0 Å². The molecule has 0 atom stereocenters. The van der Waals surface area contributed by atoms with E-state index in [-0.39, 0.29) is 0 Å². The lowest BCUT2D eigenvalue weighted by Crippen LogP contribution is -1.83. The zero-order valence-electron chi connectivity index (χ0n) is 5.51. The van der Waals surface area contributed by atoms with Crippen molar-refractivity contribution in [3.8, 4) is 11.6 Å². The standard InChI is InChI=1S/C6H4N4O/c1-2-8-5(3-7-1)6-10-9-4-11-6/h1-4H. The van der Waals surface area contributed by atoms with Gasteiger partial charge in [0.15, 0.2) is 0 Å². The molecule has 0 aliphatic rings. The van der Waals surface area contributed by atoms with Crippen LogP contribution in [0.5, 0.6) is 0 Å². The summed E-state index contributed by atoms with van der Waals surface area (Å²) in [5.74, 6) is 0.387. The topological polar surface area (TPSA) is 64.7 Å². The van der Waals surface area contributed by atoms with Crippen LogP contribution in [0.25, 0.3) is 11.6 Å². The largest absolute Gasteiger partial charge is 0.422 e. The molecule has 2 aromatic rings. The number of hydrogen-bond acceptors (Lipinski definition) is 5. The molecule has 0 aliphatic carbocycles. The average Bonchev–Trinajstić information content (AvgIpc) is 2.58. The number of aromatic nitrogens is 4. The van der Waals surface area contributed by atoms with E-state index in [2.05, 4.69) is 20.2 Å². The van der Waals surface area contributed by atoms with Crippen LogP contribution in [0.1, 0.15) is 0 Å². The molecule has 54 valence electrons. The normalized spacial score (nSPS) is 9.82. The molecular formula is C6H4N4O. The van der Waals surface area contributed by atoms with Gasteiger partial charge in [0.25, 0.3) is 5.89 Å². The molecule has 2 rings (SSSR count). The summed E-state index contributed by atoms with van der Waals surface area (Å²) in [5, 5.41) is 7.18. The Balaban J connectivity index is 2.46. The van der Waals surface area contributed by atoms with E-state index in [1.54, 1.807) is 18.6 Å². The highest BCUT2D eigenvalue weighted by Gasteiger charge is 2.02. The van der Waals surface area contributed by atoms with Gasteiger partial charge in [-0.3, -0.25) is 4.98 Å². The summed E-state index contributed by atoms with van der Waals surface area (Å²) in [4.78, 5) is 7.81. The first-order chi connectivity index (χ1) is 5.47. The first-order valence-corrected chi connectivity index (χ1v) is 2.99. The Kier molecular flexibility index (Phi) is 1.33. The molecule has 5 heteroatoms. The van der Waals surface area contributed by atoms with Gasteiger partial charge in [0.05, 0.1) is 6.20 Å². The third kappa shape index (κ3) is 1.07. The third-order valence-electron chi connectivity index (χ3n) is 1.14. The van der Waals surface area contributed by atoms with Gasteiger partial charge in [-0.25, -0.2) is 4.98 Å². The highest BCUT2D eigenvalue weighted by molar-refractivity contribution is 5.42. The second-order valence-corrected chi connectivity index (χ2v) is 1.83. The van der Waals surface area contributed by atoms with Crippen LogP contribution in [0.4, 0.5) is 0 Å². The zero-order chi connectivity index (χ0) is 7.52. The second-order valence-electron chi connectivity index (χ2n) is 1.83. The fraction of sp³-hybridized carbons (Fsp3) is 0. The molecule has 0 spiro atoms. The van der Waals surface area contributed by atoms with E-state index in [1.165, 1.54) is 6.39 Å². The fourth-order valence-electron chi connectivity index (χ4n) is 0.694. The first-order valence-electron chi connectivity index (χ1n) is 2.99. The van der Waals surface area contributed by atoms with Crippen molar-refractivity contribution in [2.45, 2.75) is 0 Å². The maximum atomic E-state index is 4.89. The van der Waals surface area contributed by atoms with Crippen LogP contribution in [-0.4, -0.2) is 20.2 Å². The van der Waals surface area contributed by atoms with Crippen molar-refractivity contribution in [1.29, 1.82) is 0 Å². The molecule has 0 aromatic carbocycles. The SMILES string of the molecule is c1cnc(-c2nnco2)cn1. The Morgan fingerprint density at radius 2 is 2.27 bits per heavy atom. The lowest BCUT2D eigenvalue weighted by atomic mass is 10.5. The van der Waals surface area contributed by atoms with Gasteiger partial charge in [-0.05, 0) is 0 Å². The first kappa shape index (κ1) is 5.96. The van der Waals surface area contributed by atoms with Crippen LogP contribution in [0.15, 0.2) is 29.4 Å². The van der Waals surface area contributed by atoms with Crippen molar-refractivity contribution >= 4 is 0 Å². The average molecular weight is 148 g/mol. The molecular weight excluding hydrogens is 144 g/mol. The molecule has 2 heterocycles. The zero-order valence-corrected chi connectivity index (χ0v) is 5.51. The van der Waals surface area contributed by atoms with E-state index < -0.39 is 0 Å². The Labute approximate surface area is 62.1 Å². The summed E-state index contributed by atoms with van der Waals surface area (Å²) in [6.45, 7) is 0. The van der Waals surface area contributed by atoms with Gasteiger partial charge in [0.1, 0.15) is 5.69 Å². The highest BCUT2D eigenvalue weighted by atomic mass is 16.4. The van der Waals surface area contributed by atoms with E-state index in [0.717, 1.165) is 0 Å². The predicted molar refractivity (Wildman–Crippen MR) is 35.3 cm³/mol. The number of rotatable bonds is 1. The van der Waals surface area contributed by atoms with Crippen LogP contribution in [0.3, 0.4) is 0 Å². The van der Waals surface area contributed by atoms with Crippen LogP contribution < -0.4 is 0 Å². The lowest BCUT2D eigenvalue weighted by molar-refractivity contribution is 0.566. The minimum Gasteiger partial charge on any atom is -0.422 e. The smallest absolute Gasteiger partial charge is 0.267 e.